The number of Topliss-reactive ketones (excluding diaryl/α,β-unsaturated/α-hetero) is 1. The predicted molar refractivity (Wildman–Crippen MR) is 186 cm³/mol. The molecule has 0 heterocycles. The van der Waals surface area contributed by atoms with E-state index in [-0.39, 0.29) is 29.9 Å². The third kappa shape index (κ3) is 12.6. The number of rotatable bonds is 15. The van der Waals surface area contributed by atoms with Gasteiger partial charge in [0, 0.05) is 17.0 Å². The molecule has 3 N–H and O–H groups in total. The molecule has 15 heteroatoms. The van der Waals surface area contributed by atoms with Gasteiger partial charge in [0.1, 0.15) is 29.2 Å². The number of methoxy groups -OCH3 is 1. The second kappa shape index (κ2) is 17.9. The van der Waals surface area contributed by atoms with Crippen molar-refractivity contribution in [2.45, 2.75) is 70.9 Å². The molecule has 3 atom stereocenters. The van der Waals surface area contributed by atoms with E-state index in [9.17, 15) is 37.1 Å². The van der Waals surface area contributed by atoms with Crippen LogP contribution in [-0.4, -0.2) is 67.1 Å². The molecule has 0 radical (unpaired) electrons. The molecule has 0 aliphatic heterocycles. The average Bonchev–Trinajstić information content (AvgIpc) is 3.06. The van der Waals surface area contributed by atoms with Crippen molar-refractivity contribution in [3.8, 4) is 11.5 Å². The number of ether oxygens (including phenoxy) is 3. The van der Waals surface area contributed by atoms with E-state index >= 15 is 0 Å². The van der Waals surface area contributed by atoms with Crippen LogP contribution in [0.5, 0.6) is 11.5 Å². The zero-order valence-electron chi connectivity index (χ0n) is 29.4. The first kappa shape index (κ1) is 41.3. The Morgan fingerprint density at radius 1 is 0.808 bits per heavy atom. The van der Waals surface area contributed by atoms with Crippen LogP contribution in [0.1, 0.15) is 62.1 Å². The van der Waals surface area contributed by atoms with Gasteiger partial charge in [0.2, 0.25) is 11.8 Å². The molecular weight excluding hydrogens is 707 g/mol. The number of halogens is 4. The molecule has 3 amide bonds. The van der Waals surface area contributed by atoms with Crippen molar-refractivity contribution < 1.29 is 51.4 Å². The Morgan fingerprint density at radius 3 is 1.96 bits per heavy atom. The number of esters is 1. The molecule has 0 aliphatic rings. The number of carbonyl (C=O) groups is 5. The lowest BCUT2D eigenvalue weighted by molar-refractivity contribution is -0.175. The highest BCUT2D eigenvalue weighted by Crippen LogP contribution is 2.24. The summed E-state index contributed by atoms with van der Waals surface area (Å²) in [6.45, 7) is 7.47. The van der Waals surface area contributed by atoms with Gasteiger partial charge in [0.15, 0.2) is 6.61 Å². The summed E-state index contributed by atoms with van der Waals surface area (Å²) in [6.07, 6.45) is -5.33. The van der Waals surface area contributed by atoms with Crippen LogP contribution in [0.25, 0.3) is 0 Å². The second-order valence-corrected chi connectivity index (χ2v) is 13.5. The van der Waals surface area contributed by atoms with E-state index in [1.54, 1.807) is 45.0 Å². The molecule has 11 nitrogen and oxygen atoms in total. The van der Waals surface area contributed by atoms with Gasteiger partial charge in [-0.3, -0.25) is 19.2 Å². The highest BCUT2D eigenvalue weighted by Gasteiger charge is 2.45. The molecule has 280 valence electrons. The molecule has 0 fully saturated rings. The number of ketones is 1. The predicted octanol–water partition coefficient (Wildman–Crippen LogP) is 5.54. The number of amides is 3. The van der Waals surface area contributed by atoms with Gasteiger partial charge in [-0.2, -0.15) is 13.2 Å². The molecule has 3 aromatic carbocycles. The van der Waals surface area contributed by atoms with Crippen molar-refractivity contribution in [1.82, 2.24) is 16.0 Å². The molecule has 0 aromatic heterocycles. The molecule has 0 saturated heterocycles. The van der Waals surface area contributed by atoms with Crippen molar-refractivity contribution >= 4 is 41.1 Å². The summed E-state index contributed by atoms with van der Waals surface area (Å²) in [5.74, 6) is -5.67. The van der Waals surface area contributed by atoms with Crippen molar-refractivity contribution in [3.63, 3.8) is 0 Å². The third-order valence-corrected chi connectivity index (χ3v) is 7.60. The summed E-state index contributed by atoms with van der Waals surface area (Å²) in [4.78, 5) is 65.2. The van der Waals surface area contributed by atoms with Crippen LogP contribution in [0.15, 0.2) is 72.8 Å². The van der Waals surface area contributed by atoms with Gasteiger partial charge >= 0.3 is 12.1 Å². The molecule has 0 unspecified atom stereocenters. The van der Waals surface area contributed by atoms with Gasteiger partial charge in [0.25, 0.3) is 11.7 Å². The topological polar surface area (TPSA) is 149 Å². The fraction of sp³-hybridized carbons (Fsp3) is 0.378. The quantitative estimate of drug-likeness (QED) is 0.172. The van der Waals surface area contributed by atoms with Gasteiger partial charge < -0.3 is 30.2 Å². The van der Waals surface area contributed by atoms with Gasteiger partial charge in [-0.15, -0.1) is 0 Å². The Bertz CT molecular complexity index is 1730. The fourth-order valence-corrected chi connectivity index (χ4v) is 5.07. The van der Waals surface area contributed by atoms with E-state index in [0.717, 1.165) is 0 Å². The van der Waals surface area contributed by atoms with Gasteiger partial charge in [-0.1, -0.05) is 49.7 Å². The molecule has 52 heavy (non-hydrogen) atoms. The maximum absolute atomic E-state index is 14.0. The third-order valence-electron chi connectivity index (χ3n) is 7.37. The normalized spacial score (nSPS) is 13.3. The minimum absolute atomic E-state index is 0.104. The molecule has 0 saturated carbocycles. The van der Waals surface area contributed by atoms with Crippen LogP contribution in [0.2, 0.25) is 5.02 Å². The maximum Gasteiger partial charge on any atom is 0.452 e. The number of carbonyl (C=O) groups excluding carboxylic acids is 5. The summed E-state index contributed by atoms with van der Waals surface area (Å²) in [6, 6.07) is 13.2. The van der Waals surface area contributed by atoms with E-state index in [0.29, 0.717) is 16.3 Å². The molecular formula is C37H41ClF3N3O8. The van der Waals surface area contributed by atoms with E-state index in [2.05, 4.69) is 16.0 Å². The molecule has 0 bridgehead atoms. The van der Waals surface area contributed by atoms with Crippen molar-refractivity contribution in [1.29, 1.82) is 0 Å². The first-order valence-corrected chi connectivity index (χ1v) is 16.5. The number of hydrogen-bond acceptors (Lipinski definition) is 8. The molecule has 0 spiro atoms. The summed E-state index contributed by atoms with van der Waals surface area (Å²) in [7, 11) is 1.41. The minimum Gasteiger partial charge on any atom is -0.497 e. The molecule has 0 aliphatic carbocycles. The smallest absolute Gasteiger partial charge is 0.452 e. The van der Waals surface area contributed by atoms with Gasteiger partial charge in [-0.05, 0) is 86.3 Å². The van der Waals surface area contributed by atoms with Crippen LogP contribution in [0.4, 0.5) is 13.2 Å². The highest BCUT2D eigenvalue weighted by atomic mass is 35.5. The maximum atomic E-state index is 14.0. The van der Waals surface area contributed by atoms with Crippen molar-refractivity contribution in [2.75, 3.05) is 13.7 Å². The number of alkyl halides is 3. The van der Waals surface area contributed by atoms with Crippen LogP contribution < -0.4 is 25.4 Å². The Labute approximate surface area is 304 Å². The second-order valence-electron chi connectivity index (χ2n) is 13.1. The zero-order chi connectivity index (χ0) is 38.8. The fourth-order valence-electron chi connectivity index (χ4n) is 4.85. The van der Waals surface area contributed by atoms with Crippen LogP contribution in [-0.2, 0) is 30.3 Å². The van der Waals surface area contributed by atoms with E-state index < -0.39 is 65.3 Å². The monoisotopic (exact) mass is 747 g/mol. The van der Waals surface area contributed by atoms with Crippen LogP contribution in [0.3, 0.4) is 0 Å². The number of hydrogen-bond donors (Lipinski definition) is 3. The van der Waals surface area contributed by atoms with Crippen molar-refractivity contribution in [2.24, 2.45) is 5.92 Å². The SMILES string of the molecule is COc1ccc([C@H](NC(=O)[C@H](Cc2cccc(Cl)c2)NC(=O)c2ccc(OCC(=O)OC(C)(C)C)cc2)C(=O)N[C@H](C(=O)C(F)(F)F)C(C)C)cc1. The van der Waals surface area contributed by atoms with Crippen molar-refractivity contribution in [3.05, 3.63) is 94.5 Å². The van der Waals surface area contributed by atoms with Crippen LogP contribution in [0, 0.1) is 5.92 Å². The van der Waals surface area contributed by atoms with E-state index in [4.69, 9.17) is 25.8 Å². The lowest BCUT2D eigenvalue weighted by Crippen LogP contribution is -2.55. The van der Waals surface area contributed by atoms with Gasteiger partial charge in [-0.25, -0.2) is 4.79 Å². The number of nitrogens with one attached hydrogen (secondary N) is 3. The number of benzene rings is 3. The summed E-state index contributed by atoms with van der Waals surface area (Å²) >= 11 is 6.16. The first-order chi connectivity index (χ1) is 24.3. The summed E-state index contributed by atoms with van der Waals surface area (Å²) < 4.78 is 56.1. The van der Waals surface area contributed by atoms with E-state index in [1.807, 2.05) is 0 Å². The summed E-state index contributed by atoms with van der Waals surface area (Å²) in [5, 5.41) is 7.69. The van der Waals surface area contributed by atoms with Crippen LogP contribution >= 0.6 is 11.6 Å². The van der Waals surface area contributed by atoms with E-state index in [1.165, 1.54) is 69.5 Å². The summed E-state index contributed by atoms with van der Waals surface area (Å²) in [5.41, 5.74) is 0.115. The Kier molecular flexibility index (Phi) is 14.2. The van der Waals surface area contributed by atoms with Gasteiger partial charge in [0.05, 0.1) is 13.2 Å². The Balaban J connectivity index is 1.89. The highest BCUT2D eigenvalue weighted by molar-refractivity contribution is 6.30. The zero-order valence-corrected chi connectivity index (χ0v) is 30.2. The lowest BCUT2D eigenvalue weighted by Gasteiger charge is -2.27. The lowest BCUT2D eigenvalue weighted by atomic mass is 9.97. The Morgan fingerprint density at radius 2 is 1.42 bits per heavy atom. The largest absolute Gasteiger partial charge is 0.497 e. The molecule has 3 aromatic rings. The minimum atomic E-state index is -5.23. The average molecular weight is 748 g/mol. The Hall–Kier alpha value is -5.11. The standard InChI is InChI=1S/C37H41ClF3N3O8/c1-21(2)30(32(46)37(39,40)41)43-35(49)31(23-10-14-26(50-6)15-11-23)44-34(48)28(19-22-8-7-9-25(38)18-22)42-33(47)24-12-16-27(17-13-24)51-20-29(45)52-36(3,4)5/h7-18,21,28,30-31H,19-20H2,1-6H3,(H,42,47)(H,43,49)(H,44,48)/t28-,30-,31-/m0/s1. The molecule has 3 rings (SSSR count). The first-order valence-electron chi connectivity index (χ1n) is 16.1.